The van der Waals surface area contributed by atoms with Gasteiger partial charge in [-0.15, -0.1) is 9.24 Å². The van der Waals surface area contributed by atoms with Crippen LogP contribution in [0.3, 0.4) is 0 Å². The predicted molar refractivity (Wildman–Crippen MR) is 65.0 cm³/mol. The highest BCUT2D eigenvalue weighted by molar-refractivity contribution is 7.18. The SMILES string of the molecule is C[Si](C)(C)C(CP)[Si](C)(C)C. The molecule has 0 aliphatic heterocycles. The monoisotopic (exact) mass is 206 g/mol. The van der Waals surface area contributed by atoms with Crippen molar-refractivity contribution in [1.82, 2.24) is 0 Å². The van der Waals surface area contributed by atoms with Gasteiger partial charge in [-0.3, -0.25) is 0 Å². The molecule has 0 bridgehead atoms. The third kappa shape index (κ3) is 3.86. The van der Waals surface area contributed by atoms with Gasteiger partial charge in [0.15, 0.2) is 0 Å². The summed E-state index contributed by atoms with van der Waals surface area (Å²) in [6.45, 7) is 15.0. The lowest BCUT2D eigenvalue weighted by Crippen LogP contribution is -2.44. The fraction of sp³-hybridized carbons (Fsp3) is 1.00. The topological polar surface area (TPSA) is 0 Å². The molecule has 0 aromatic rings. The molecule has 1 atom stereocenters. The first-order chi connectivity index (χ1) is 4.69. The largest absolute Gasteiger partial charge is 0.138 e. The van der Waals surface area contributed by atoms with Gasteiger partial charge in [0.25, 0.3) is 0 Å². The van der Waals surface area contributed by atoms with Crippen LogP contribution in [-0.2, 0) is 0 Å². The van der Waals surface area contributed by atoms with Gasteiger partial charge in [-0.1, -0.05) is 39.3 Å². The summed E-state index contributed by atoms with van der Waals surface area (Å²) in [5.74, 6) is 0. The van der Waals surface area contributed by atoms with E-state index in [2.05, 4.69) is 48.5 Å². The Kier molecular flexibility index (Phi) is 4.01. The molecule has 1 unspecified atom stereocenters. The molecule has 0 heterocycles. The summed E-state index contributed by atoms with van der Waals surface area (Å²) in [7, 11) is 1.18. The average molecular weight is 206 g/mol. The van der Waals surface area contributed by atoms with Crippen LogP contribution in [0, 0.1) is 0 Å². The van der Waals surface area contributed by atoms with Crippen LogP contribution >= 0.6 is 9.24 Å². The first-order valence-electron chi connectivity index (χ1n) is 4.39. The lowest BCUT2D eigenvalue weighted by molar-refractivity contribution is 1.19. The van der Waals surface area contributed by atoms with Gasteiger partial charge in [0.1, 0.15) is 0 Å². The molecule has 0 N–H and O–H groups in total. The van der Waals surface area contributed by atoms with E-state index in [1.165, 1.54) is 6.16 Å². The van der Waals surface area contributed by atoms with Crippen molar-refractivity contribution >= 4 is 25.4 Å². The molecular weight excluding hydrogens is 183 g/mol. The smallest absolute Gasteiger partial charge is 0.0450 e. The first-order valence-corrected chi connectivity index (χ1v) is 12.4. The highest BCUT2D eigenvalue weighted by Crippen LogP contribution is 2.33. The van der Waals surface area contributed by atoms with Gasteiger partial charge >= 0.3 is 0 Å². The standard InChI is InChI=1S/C8H23PSi2/c1-10(2,3)8(7-9)11(4,5)6/h8H,7,9H2,1-6H3. The Labute approximate surface area is 76.4 Å². The first kappa shape index (κ1) is 11.9. The van der Waals surface area contributed by atoms with Gasteiger partial charge in [0, 0.05) is 16.1 Å². The van der Waals surface area contributed by atoms with Crippen LogP contribution in [0.1, 0.15) is 0 Å². The minimum absolute atomic E-state index is 0.881. The van der Waals surface area contributed by atoms with Crippen LogP contribution in [-0.4, -0.2) is 22.3 Å². The van der Waals surface area contributed by atoms with Gasteiger partial charge in [-0.2, -0.15) is 0 Å². The van der Waals surface area contributed by atoms with Gasteiger partial charge in [0.2, 0.25) is 0 Å². The average Bonchev–Trinajstić information content (AvgIpc) is 1.56. The predicted octanol–water partition coefficient (Wildman–Crippen LogP) is 3.45. The van der Waals surface area contributed by atoms with Crippen molar-refractivity contribution in [3.05, 3.63) is 0 Å². The Bertz CT molecular complexity index is 107. The molecule has 0 amide bonds. The zero-order chi connectivity index (χ0) is 9.28. The lowest BCUT2D eigenvalue weighted by Gasteiger charge is -2.37. The fourth-order valence-electron chi connectivity index (χ4n) is 2.01. The summed E-state index contributed by atoms with van der Waals surface area (Å²) >= 11 is 0. The van der Waals surface area contributed by atoms with Crippen molar-refractivity contribution in [2.45, 2.75) is 44.4 Å². The zero-order valence-corrected chi connectivity index (χ0v) is 12.0. The van der Waals surface area contributed by atoms with Gasteiger partial charge in [-0.05, 0) is 11.3 Å². The van der Waals surface area contributed by atoms with E-state index >= 15 is 0 Å². The number of hydrogen-bond donors (Lipinski definition) is 0. The maximum Gasteiger partial charge on any atom is 0.0450 e. The van der Waals surface area contributed by atoms with E-state index in [4.69, 9.17) is 0 Å². The molecule has 0 nitrogen and oxygen atoms in total. The Hall–Kier alpha value is 0.864. The van der Waals surface area contributed by atoms with E-state index < -0.39 is 16.1 Å². The van der Waals surface area contributed by atoms with E-state index in [0.29, 0.717) is 0 Å². The minimum Gasteiger partial charge on any atom is -0.138 e. The Morgan fingerprint density at radius 1 is 0.909 bits per heavy atom. The van der Waals surface area contributed by atoms with Crippen molar-refractivity contribution in [3.63, 3.8) is 0 Å². The Balaban J connectivity index is 4.43. The molecule has 0 spiro atoms. The molecule has 0 aromatic carbocycles. The second-order valence-corrected chi connectivity index (χ2v) is 17.4. The molecule has 0 saturated heterocycles. The summed E-state index contributed by atoms with van der Waals surface area (Å²) in [4.78, 5) is 0. The molecule has 0 aliphatic carbocycles. The molecule has 0 radical (unpaired) electrons. The highest BCUT2D eigenvalue weighted by atomic mass is 31.0. The molecule has 68 valence electrons. The quantitative estimate of drug-likeness (QED) is 0.490. The van der Waals surface area contributed by atoms with Crippen molar-refractivity contribution < 1.29 is 0 Å². The van der Waals surface area contributed by atoms with Gasteiger partial charge < -0.3 is 0 Å². The summed E-state index contributed by atoms with van der Waals surface area (Å²) in [6, 6.07) is 0. The van der Waals surface area contributed by atoms with Crippen molar-refractivity contribution in [3.8, 4) is 0 Å². The maximum absolute atomic E-state index is 2.94. The number of hydrogen-bond acceptors (Lipinski definition) is 0. The molecule has 0 saturated carbocycles. The van der Waals surface area contributed by atoms with Crippen LogP contribution in [0.2, 0.25) is 44.4 Å². The minimum atomic E-state index is -0.881. The number of rotatable bonds is 3. The third-order valence-electron chi connectivity index (χ3n) is 2.33. The fourth-order valence-corrected chi connectivity index (χ4v) is 18.1. The van der Waals surface area contributed by atoms with E-state index in [-0.39, 0.29) is 0 Å². The molecule has 0 fully saturated rings. The second-order valence-electron chi connectivity index (χ2n) is 5.52. The van der Waals surface area contributed by atoms with Crippen molar-refractivity contribution in [2.24, 2.45) is 0 Å². The lowest BCUT2D eigenvalue weighted by atomic mass is 10.9. The summed E-state index contributed by atoms with van der Waals surface area (Å²) < 4.78 is 0. The van der Waals surface area contributed by atoms with Gasteiger partial charge in [0.05, 0.1) is 0 Å². The van der Waals surface area contributed by atoms with Gasteiger partial charge in [-0.25, -0.2) is 0 Å². The molecule has 0 aliphatic rings. The third-order valence-corrected chi connectivity index (χ3v) is 13.6. The van der Waals surface area contributed by atoms with Crippen LogP contribution < -0.4 is 0 Å². The molecule has 0 rings (SSSR count). The summed E-state index contributed by atoms with van der Waals surface area (Å²) in [5.41, 5.74) is 0. The Morgan fingerprint density at radius 2 is 1.18 bits per heavy atom. The highest BCUT2D eigenvalue weighted by Gasteiger charge is 2.35. The van der Waals surface area contributed by atoms with Crippen LogP contribution in [0.15, 0.2) is 0 Å². The van der Waals surface area contributed by atoms with Crippen molar-refractivity contribution in [2.75, 3.05) is 6.16 Å². The maximum atomic E-state index is 2.94. The normalized spacial score (nSPS) is 14.2. The van der Waals surface area contributed by atoms with Crippen LogP contribution in [0.5, 0.6) is 0 Å². The molecule has 0 aromatic heterocycles. The second kappa shape index (κ2) is 3.72. The molecular formula is C8H23PSi2. The zero-order valence-electron chi connectivity index (χ0n) is 8.86. The van der Waals surface area contributed by atoms with Crippen LogP contribution in [0.25, 0.3) is 0 Å². The molecule has 11 heavy (non-hydrogen) atoms. The molecule has 3 heteroatoms. The van der Waals surface area contributed by atoms with E-state index in [9.17, 15) is 0 Å². The Morgan fingerprint density at radius 3 is 1.18 bits per heavy atom. The van der Waals surface area contributed by atoms with Crippen molar-refractivity contribution in [1.29, 1.82) is 0 Å². The summed E-state index contributed by atoms with van der Waals surface area (Å²) in [6.07, 6.45) is 1.32. The van der Waals surface area contributed by atoms with E-state index in [1.54, 1.807) is 0 Å². The van der Waals surface area contributed by atoms with E-state index in [0.717, 1.165) is 5.16 Å². The van der Waals surface area contributed by atoms with Crippen LogP contribution in [0.4, 0.5) is 0 Å². The summed E-state index contributed by atoms with van der Waals surface area (Å²) in [5, 5.41) is 1.06. The van der Waals surface area contributed by atoms with E-state index in [1.807, 2.05) is 0 Å².